The van der Waals surface area contributed by atoms with Crippen molar-refractivity contribution in [1.29, 1.82) is 0 Å². The minimum absolute atomic E-state index is 0.641. The van der Waals surface area contributed by atoms with E-state index in [1.807, 2.05) is 36.4 Å². The first-order chi connectivity index (χ1) is 31.7. The van der Waals surface area contributed by atoms with Crippen LogP contribution < -0.4 is 0 Å². The first-order valence-corrected chi connectivity index (χ1v) is 21.6. The van der Waals surface area contributed by atoms with Crippen LogP contribution in [0.5, 0.6) is 0 Å². The molecule has 0 bridgehead atoms. The fourth-order valence-electron chi connectivity index (χ4n) is 9.61. The molecule has 0 N–H and O–H groups in total. The zero-order valence-corrected chi connectivity index (χ0v) is 34.5. The lowest BCUT2D eigenvalue weighted by molar-refractivity contribution is 0.670. The Labute approximate surface area is 368 Å². The van der Waals surface area contributed by atoms with Crippen molar-refractivity contribution in [2.45, 2.75) is 0 Å². The minimum atomic E-state index is 0.641. The Balaban J connectivity index is 0.991. The molecule has 298 valence electrons. The van der Waals surface area contributed by atoms with Gasteiger partial charge in [-0.15, -0.1) is 0 Å². The number of fused-ring (bicyclic) bond motifs is 9. The van der Waals surface area contributed by atoms with Crippen LogP contribution in [0.15, 0.2) is 223 Å². The van der Waals surface area contributed by atoms with Gasteiger partial charge >= 0.3 is 0 Å². The monoisotopic (exact) mass is 816 g/mol. The number of nitrogens with zero attached hydrogens (tertiary/aromatic N) is 4. The van der Waals surface area contributed by atoms with Gasteiger partial charge in [0, 0.05) is 65.8 Å². The lowest BCUT2D eigenvalue weighted by Crippen LogP contribution is -1.96. The fourth-order valence-corrected chi connectivity index (χ4v) is 9.61. The molecule has 13 rings (SSSR count). The maximum atomic E-state index is 6.49. The van der Waals surface area contributed by atoms with E-state index < -0.39 is 0 Å². The lowest BCUT2D eigenvalue weighted by Gasteiger charge is -2.15. The van der Waals surface area contributed by atoms with Crippen LogP contribution >= 0.6 is 0 Å². The quantitative estimate of drug-likeness (QED) is 0.157. The summed E-state index contributed by atoms with van der Waals surface area (Å²) in [6.45, 7) is 0. The summed E-state index contributed by atoms with van der Waals surface area (Å²) in [5.41, 5.74) is 14.8. The highest BCUT2D eigenvalue weighted by Gasteiger charge is 2.20. The molecule has 0 saturated heterocycles. The van der Waals surface area contributed by atoms with Gasteiger partial charge in [0.05, 0.1) is 33.6 Å². The molecule has 5 heteroatoms. The second-order valence-electron chi connectivity index (χ2n) is 16.3. The highest BCUT2D eigenvalue weighted by molar-refractivity contribution is 6.21. The SMILES string of the molecule is c1ccc(-c2cc(-c3cccc4c3oc3ccccc34)nc(-c3ccc(-c4cccc5c4nc(-c4ccccc4)c4cc6c7ccccc7n(-c7ccccc7)c6cc45)cc3)n2)cc1. The van der Waals surface area contributed by atoms with E-state index in [2.05, 4.69) is 187 Å². The Morgan fingerprint density at radius 1 is 0.344 bits per heavy atom. The average Bonchev–Trinajstić information content (AvgIpc) is 3.92. The zero-order chi connectivity index (χ0) is 42.1. The van der Waals surface area contributed by atoms with Crippen LogP contribution in [0.25, 0.3) is 127 Å². The van der Waals surface area contributed by atoms with Crippen LogP contribution in [0.2, 0.25) is 0 Å². The molecule has 13 aromatic rings. The topological polar surface area (TPSA) is 56.7 Å². The van der Waals surface area contributed by atoms with Crippen LogP contribution in [0.1, 0.15) is 0 Å². The summed E-state index contributed by atoms with van der Waals surface area (Å²) in [6.07, 6.45) is 0. The van der Waals surface area contributed by atoms with Crippen molar-refractivity contribution in [3.05, 3.63) is 218 Å². The van der Waals surface area contributed by atoms with Crippen molar-refractivity contribution < 1.29 is 4.42 Å². The van der Waals surface area contributed by atoms with Gasteiger partial charge in [-0.25, -0.2) is 15.0 Å². The second kappa shape index (κ2) is 14.5. The maximum absolute atomic E-state index is 6.49. The second-order valence-corrected chi connectivity index (χ2v) is 16.3. The minimum Gasteiger partial charge on any atom is -0.455 e. The predicted molar refractivity (Wildman–Crippen MR) is 264 cm³/mol. The van der Waals surface area contributed by atoms with E-state index in [9.17, 15) is 0 Å². The Bertz CT molecular complexity index is 3930. The van der Waals surface area contributed by atoms with E-state index in [-0.39, 0.29) is 0 Å². The first kappa shape index (κ1) is 36.0. The van der Waals surface area contributed by atoms with E-state index in [4.69, 9.17) is 19.4 Å². The van der Waals surface area contributed by atoms with E-state index in [1.165, 1.54) is 16.3 Å². The molecule has 0 fully saturated rings. The summed E-state index contributed by atoms with van der Waals surface area (Å²) in [4.78, 5) is 16.0. The van der Waals surface area contributed by atoms with Crippen LogP contribution in [0.3, 0.4) is 0 Å². The first-order valence-electron chi connectivity index (χ1n) is 21.6. The van der Waals surface area contributed by atoms with Crippen molar-refractivity contribution in [2.24, 2.45) is 0 Å². The molecule has 0 aliphatic rings. The summed E-state index contributed by atoms with van der Waals surface area (Å²) < 4.78 is 8.87. The van der Waals surface area contributed by atoms with Crippen molar-refractivity contribution >= 4 is 65.4 Å². The number of benzene rings is 9. The Morgan fingerprint density at radius 3 is 1.77 bits per heavy atom. The largest absolute Gasteiger partial charge is 0.455 e. The number of hydrogen-bond acceptors (Lipinski definition) is 4. The molecule has 0 amide bonds. The van der Waals surface area contributed by atoms with Crippen LogP contribution in [-0.2, 0) is 0 Å². The molecule has 9 aromatic carbocycles. The summed E-state index contributed by atoms with van der Waals surface area (Å²) in [5.74, 6) is 0.641. The summed E-state index contributed by atoms with van der Waals surface area (Å²) >= 11 is 0. The number of para-hydroxylation sites is 5. The Hall–Kier alpha value is -8.67. The molecule has 0 aliphatic carbocycles. The molecule has 0 radical (unpaired) electrons. The van der Waals surface area contributed by atoms with Gasteiger partial charge in [0.25, 0.3) is 0 Å². The Morgan fingerprint density at radius 2 is 0.969 bits per heavy atom. The molecule has 0 saturated carbocycles. The van der Waals surface area contributed by atoms with Gasteiger partial charge in [0.1, 0.15) is 11.2 Å². The fraction of sp³-hybridized carbons (Fsp3) is 0. The van der Waals surface area contributed by atoms with Gasteiger partial charge in [-0.3, -0.25) is 0 Å². The third-order valence-electron chi connectivity index (χ3n) is 12.6. The summed E-state index contributed by atoms with van der Waals surface area (Å²) in [6, 6.07) is 76.6. The molecule has 0 atom stereocenters. The van der Waals surface area contributed by atoms with Gasteiger partial charge in [-0.05, 0) is 59.5 Å². The normalized spacial score (nSPS) is 11.8. The predicted octanol–water partition coefficient (Wildman–Crippen LogP) is 15.5. The molecular formula is C59H36N4O. The van der Waals surface area contributed by atoms with Crippen LogP contribution in [-0.4, -0.2) is 19.5 Å². The molecule has 0 spiro atoms. The lowest BCUT2D eigenvalue weighted by atomic mass is 9.94. The van der Waals surface area contributed by atoms with Gasteiger partial charge in [0.15, 0.2) is 5.82 Å². The highest BCUT2D eigenvalue weighted by Crippen LogP contribution is 2.42. The van der Waals surface area contributed by atoms with E-state index in [0.29, 0.717) is 5.82 Å². The van der Waals surface area contributed by atoms with Crippen molar-refractivity contribution in [2.75, 3.05) is 0 Å². The van der Waals surface area contributed by atoms with Crippen molar-refractivity contribution in [3.8, 4) is 62.0 Å². The highest BCUT2D eigenvalue weighted by atomic mass is 16.3. The van der Waals surface area contributed by atoms with Gasteiger partial charge in [-0.1, -0.05) is 170 Å². The smallest absolute Gasteiger partial charge is 0.160 e. The number of pyridine rings is 1. The van der Waals surface area contributed by atoms with E-state index in [0.717, 1.165) is 105 Å². The third kappa shape index (κ3) is 5.75. The molecular weight excluding hydrogens is 781 g/mol. The maximum Gasteiger partial charge on any atom is 0.160 e. The number of aromatic nitrogens is 4. The van der Waals surface area contributed by atoms with Crippen LogP contribution in [0, 0.1) is 0 Å². The Kier molecular flexibility index (Phi) is 8.15. The number of rotatable bonds is 6. The standard InChI is InChI=1S/C59H36N4O/c1-4-16-38(17-5-1)51-36-52(47-27-15-26-46-44-23-11-13-29-55(44)64-58(46)47)61-59(60-51)40-32-30-37(31-33-40)42-24-14-25-45-48-35-54-49(34-50(48)56(62-57(42)45)39-18-6-2-7-19-39)43-22-10-12-28-53(43)63(54)41-20-8-3-9-21-41/h1-36H. The van der Waals surface area contributed by atoms with Crippen molar-refractivity contribution in [1.82, 2.24) is 19.5 Å². The van der Waals surface area contributed by atoms with Gasteiger partial charge in [0.2, 0.25) is 0 Å². The molecule has 64 heavy (non-hydrogen) atoms. The summed E-state index contributed by atoms with van der Waals surface area (Å²) in [7, 11) is 0. The molecule has 4 heterocycles. The average molecular weight is 817 g/mol. The summed E-state index contributed by atoms with van der Waals surface area (Å²) in [5, 5.41) is 7.96. The molecule has 0 unspecified atom stereocenters. The number of furan rings is 1. The molecule has 0 aliphatic heterocycles. The van der Waals surface area contributed by atoms with E-state index in [1.54, 1.807) is 0 Å². The number of hydrogen-bond donors (Lipinski definition) is 0. The van der Waals surface area contributed by atoms with Crippen LogP contribution in [0.4, 0.5) is 0 Å². The molecule has 5 nitrogen and oxygen atoms in total. The van der Waals surface area contributed by atoms with Gasteiger partial charge in [-0.2, -0.15) is 0 Å². The third-order valence-corrected chi connectivity index (χ3v) is 12.6. The molecule has 4 aromatic heterocycles. The van der Waals surface area contributed by atoms with E-state index >= 15 is 0 Å². The van der Waals surface area contributed by atoms with Gasteiger partial charge < -0.3 is 8.98 Å². The van der Waals surface area contributed by atoms with Crippen molar-refractivity contribution in [3.63, 3.8) is 0 Å². The zero-order valence-electron chi connectivity index (χ0n) is 34.5.